The van der Waals surface area contributed by atoms with E-state index in [9.17, 15) is 0 Å². The van der Waals surface area contributed by atoms with E-state index in [2.05, 4.69) is 61.1 Å². The van der Waals surface area contributed by atoms with Crippen molar-refractivity contribution in [3.8, 4) is 11.4 Å². The van der Waals surface area contributed by atoms with Gasteiger partial charge < -0.3 is 4.84 Å². The molecule has 0 atom stereocenters. The molecule has 174 valence electrons. The molecular weight excluding hydrogens is 380 g/mol. The van der Waals surface area contributed by atoms with Gasteiger partial charge >= 0.3 is 5.82 Å². The van der Waals surface area contributed by atoms with Crippen LogP contribution >= 0.6 is 0 Å². The van der Waals surface area contributed by atoms with Crippen molar-refractivity contribution in [1.29, 1.82) is 0 Å². The van der Waals surface area contributed by atoms with Crippen molar-refractivity contribution < 1.29 is 9.40 Å². The SMILES string of the molecule is CCCCCCCCCC[n+]1ccn(OCCCCCCCCC)c1-c1ccccc1. The van der Waals surface area contributed by atoms with Gasteiger partial charge in [-0.15, -0.1) is 0 Å². The van der Waals surface area contributed by atoms with Gasteiger partial charge in [0.2, 0.25) is 0 Å². The highest BCUT2D eigenvalue weighted by molar-refractivity contribution is 5.51. The maximum atomic E-state index is 6.18. The topological polar surface area (TPSA) is 18.0 Å². The summed E-state index contributed by atoms with van der Waals surface area (Å²) in [6.45, 7) is 6.41. The van der Waals surface area contributed by atoms with Crippen molar-refractivity contribution in [2.45, 2.75) is 117 Å². The van der Waals surface area contributed by atoms with Gasteiger partial charge in [0.1, 0.15) is 12.8 Å². The number of imidazole rings is 1. The summed E-state index contributed by atoms with van der Waals surface area (Å²) in [4.78, 5) is 6.18. The third-order valence-corrected chi connectivity index (χ3v) is 6.13. The van der Waals surface area contributed by atoms with E-state index < -0.39 is 0 Å². The summed E-state index contributed by atoms with van der Waals surface area (Å²) < 4.78 is 4.37. The Labute approximate surface area is 191 Å². The van der Waals surface area contributed by atoms with Gasteiger partial charge in [-0.3, -0.25) is 0 Å². The molecule has 0 bridgehead atoms. The van der Waals surface area contributed by atoms with Gasteiger partial charge in [-0.05, 0) is 42.5 Å². The van der Waals surface area contributed by atoms with Crippen LogP contribution < -0.4 is 9.40 Å². The Morgan fingerprint density at radius 2 is 1.23 bits per heavy atom. The molecule has 3 nitrogen and oxygen atoms in total. The minimum Gasteiger partial charge on any atom is -0.335 e. The van der Waals surface area contributed by atoms with Crippen LogP contribution in [0.25, 0.3) is 11.4 Å². The normalized spacial score (nSPS) is 11.2. The van der Waals surface area contributed by atoms with Gasteiger partial charge in [-0.1, -0.05) is 103 Å². The van der Waals surface area contributed by atoms with E-state index in [1.807, 2.05) is 4.73 Å². The number of hydrogen-bond acceptors (Lipinski definition) is 1. The fourth-order valence-electron chi connectivity index (χ4n) is 4.21. The molecule has 1 aromatic carbocycles. The van der Waals surface area contributed by atoms with E-state index in [0.717, 1.165) is 19.6 Å². The fourth-order valence-corrected chi connectivity index (χ4v) is 4.21. The standard InChI is InChI=1S/C28H47N2O/c1-3-5-7-9-11-12-14-19-23-29-24-25-30(28(29)27-21-17-16-18-22-27)31-26-20-15-13-10-8-6-4-2/h16-18,21-22,24-25H,3-15,19-20,23,26H2,1-2H3/q+1. The molecule has 1 aromatic heterocycles. The molecule has 0 spiro atoms. The molecule has 0 N–H and O–H groups in total. The molecule has 0 aliphatic carbocycles. The third kappa shape index (κ3) is 10.4. The van der Waals surface area contributed by atoms with Gasteiger partial charge in [0, 0.05) is 0 Å². The van der Waals surface area contributed by atoms with Crippen molar-refractivity contribution in [2.75, 3.05) is 6.61 Å². The van der Waals surface area contributed by atoms with Crippen LogP contribution in [0.5, 0.6) is 0 Å². The summed E-state index contributed by atoms with van der Waals surface area (Å²) in [7, 11) is 0. The van der Waals surface area contributed by atoms with E-state index in [1.54, 1.807) is 0 Å². The Kier molecular flexibility index (Phi) is 13.9. The molecule has 0 saturated heterocycles. The van der Waals surface area contributed by atoms with Gasteiger partial charge in [-0.25, -0.2) is 4.57 Å². The molecular formula is C28H47N2O+. The Hall–Kier alpha value is -1.77. The molecule has 0 unspecified atom stereocenters. The monoisotopic (exact) mass is 427 g/mol. The van der Waals surface area contributed by atoms with E-state index >= 15 is 0 Å². The van der Waals surface area contributed by atoms with E-state index in [4.69, 9.17) is 4.84 Å². The van der Waals surface area contributed by atoms with Crippen molar-refractivity contribution in [1.82, 2.24) is 4.73 Å². The summed E-state index contributed by atoms with van der Waals surface area (Å²) in [6, 6.07) is 10.7. The summed E-state index contributed by atoms with van der Waals surface area (Å²) in [5.41, 5.74) is 1.23. The second-order valence-corrected chi connectivity index (χ2v) is 8.94. The summed E-state index contributed by atoms with van der Waals surface area (Å²) in [6.07, 6.45) is 24.3. The van der Waals surface area contributed by atoms with Crippen LogP contribution in [0, 0.1) is 0 Å². The highest BCUT2D eigenvalue weighted by Gasteiger charge is 2.20. The predicted octanol–water partition coefficient (Wildman–Crippen LogP) is 7.76. The Balaban J connectivity index is 1.79. The highest BCUT2D eigenvalue weighted by Crippen LogP contribution is 2.16. The minimum absolute atomic E-state index is 0.792. The zero-order valence-electron chi connectivity index (χ0n) is 20.4. The third-order valence-electron chi connectivity index (χ3n) is 6.13. The van der Waals surface area contributed by atoms with Crippen LogP contribution in [-0.4, -0.2) is 11.3 Å². The number of nitrogens with zero attached hydrogens (tertiary/aromatic N) is 2. The lowest BCUT2D eigenvalue weighted by molar-refractivity contribution is -0.686. The van der Waals surface area contributed by atoms with Crippen LogP contribution in [0.4, 0.5) is 0 Å². The lowest BCUT2D eigenvalue weighted by Gasteiger charge is -2.07. The van der Waals surface area contributed by atoms with Crippen molar-refractivity contribution in [3.63, 3.8) is 0 Å². The predicted molar refractivity (Wildman–Crippen MR) is 132 cm³/mol. The molecule has 0 amide bonds. The molecule has 0 radical (unpaired) electrons. The average Bonchev–Trinajstić information content (AvgIpc) is 3.20. The van der Waals surface area contributed by atoms with E-state index in [1.165, 1.54) is 101 Å². The van der Waals surface area contributed by atoms with Gasteiger partial charge in [0.05, 0.1) is 12.1 Å². The second-order valence-electron chi connectivity index (χ2n) is 8.94. The van der Waals surface area contributed by atoms with Gasteiger partial charge in [0.15, 0.2) is 6.20 Å². The number of hydrogen-bond donors (Lipinski definition) is 0. The molecule has 0 fully saturated rings. The number of aryl methyl sites for hydroxylation is 1. The lowest BCUT2D eigenvalue weighted by atomic mass is 10.1. The second kappa shape index (κ2) is 16.9. The van der Waals surface area contributed by atoms with Crippen LogP contribution in [0.3, 0.4) is 0 Å². The highest BCUT2D eigenvalue weighted by atomic mass is 16.7. The summed E-state index contributed by atoms with van der Waals surface area (Å²) in [5, 5.41) is 0. The Morgan fingerprint density at radius 1 is 0.677 bits per heavy atom. The van der Waals surface area contributed by atoms with Gasteiger partial charge in [0.25, 0.3) is 0 Å². The number of benzene rings is 1. The molecule has 31 heavy (non-hydrogen) atoms. The quantitative estimate of drug-likeness (QED) is 0.165. The van der Waals surface area contributed by atoms with Crippen molar-refractivity contribution >= 4 is 0 Å². The number of aromatic nitrogens is 2. The Morgan fingerprint density at radius 3 is 1.84 bits per heavy atom. The molecule has 3 heteroatoms. The largest absolute Gasteiger partial charge is 0.335 e. The first-order chi connectivity index (χ1) is 15.4. The molecule has 0 saturated carbocycles. The fraction of sp³-hybridized carbons (Fsp3) is 0.679. The Bertz CT molecular complexity index is 627. The first-order valence-electron chi connectivity index (χ1n) is 13.2. The molecule has 1 heterocycles. The summed E-state index contributed by atoms with van der Waals surface area (Å²) >= 11 is 0. The average molecular weight is 428 g/mol. The number of unbranched alkanes of at least 4 members (excludes halogenated alkanes) is 13. The van der Waals surface area contributed by atoms with Crippen LogP contribution in [0.2, 0.25) is 0 Å². The molecule has 2 rings (SSSR count). The minimum atomic E-state index is 0.792. The van der Waals surface area contributed by atoms with Crippen LogP contribution in [0.15, 0.2) is 42.7 Å². The zero-order valence-corrected chi connectivity index (χ0v) is 20.4. The van der Waals surface area contributed by atoms with Crippen molar-refractivity contribution in [2.24, 2.45) is 0 Å². The number of rotatable bonds is 19. The van der Waals surface area contributed by atoms with Crippen molar-refractivity contribution in [3.05, 3.63) is 42.7 Å². The maximum absolute atomic E-state index is 6.18. The van der Waals surface area contributed by atoms with Crippen LogP contribution in [0.1, 0.15) is 110 Å². The molecule has 0 aliphatic heterocycles. The van der Waals surface area contributed by atoms with E-state index in [0.29, 0.717) is 0 Å². The van der Waals surface area contributed by atoms with Crippen LogP contribution in [-0.2, 0) is 6.54 Å². The molecule has 2 aromatic rings. The lowest BCUT2D eigenvalue weighted by Crippen LogP contribution is -2.35. The summed E-state index contributed by atoms with van der Waals surface area (Å²) in [5.74, 6) is 1.17. The first kappa shape index (κ1) is 25.5. The van der Waals surface area contributed by atoms with Gasteiger partial charge in [-0.2, -0.15) is 0 Å². The molecule has 0 aliphatic rings. The smallest absolute Gasteiger partial charge is 0.328 e. The maximum Gasteiger partial charge on any atom is 0.328 e. The zero-order chi connectivity index (χ0) is 22.0. The van der Waals surface area contributed by atoms with E-state index in [-0.39, 0.29) is 0 Å². The first-order valence-corrected chi connectivity index (χ1v) is 13.2.